The van der Waals surface area contributed by atoms with Gasteiger partial charge in [0.1, 0.15) is 0 Å². The summed E-state index contributed by atoms with van der Waals surface area (Å²) < 4.78 is 32.7. The molecule has 0 saturated carbocycles. The van der Waals surface area contributed by atoms with Crippen molar-refractivity contribution < 1.29 is 13.2 Å². The molecular formula is C17H22N4O3S. The monoisotopic (exact) mass is 362 g/mol. The van der Waals surface area contributed by atoms with Crippen LogP contribution in [0.5, 0.6) is 0 Å². The molecule has 0 bridgehead atoms. The molecule has 2 aromatic rings. The fraction of sp³-hybridized carbons (Fsp3) is 0.412. The molecule has 1 atom stereocenters. The number of anilines is 1. The van der Waals surface area contributed by atoms with Crippen LogP contribution in [0.3, 0.4) is 0 Å². The maximum Gasteiger partial charge on any atom is 0.243 e. The highest BCUT2D eigenvalue weighted by Gasteiger charge is 2.35. The number of nitrogens with two attached hydrogens (primary N) is 1. The van der Waals surface area contributed by atoms with Gasteiger partial charge in [-0.2, -0.15) is 4.31 Å². The highest BCUT2D eigenvalue weighted by molar-refractivity contribution is 7.89. The Morgan fingerprint density at radius 1 is 1.32 bits per heavy atom. The van der Waals surface area contributed by atoms with Crippen LogP contribution in [0.1, 0.15) is 18.4 Å². The maximum absolute atomic E-state index is 13.0. The molecule has 7 nitrogen and oxygen atoms in total. The standard InChI is InChI=1S/C17H22N4O3S/c1-12-8-15(5-6-16(12)13-9-19-17(18)20-10-13)25(22,23)21-7-3-4-14(21)11-24-2/h5-6,8-10,14H,3-4,7,11H2,1-2H3,(H2,18,19,20)/t14-/m0/s1. The summed E-state index contributed by atoms with van der Waals surface area (Å²) in [7, 11) is -1.94. The molecule has 0 unspecified atom stereocenters. The molecule has 134 valence electrons. The van der Waals surface area contributed by atoms with Crippen molar-refractivity contribution in [1.29, 1.82) is 0 Å². The summed E-state index contributed by atoms with van der Waals surface area (Å²) in [5, 5.41) is 0. The van der Waals surface area contributed by atoms with Gasteiger partial charge in [0.15, 0.2) is 0 Å². The summed E-state index contributed by atoms with van der Waals surface area (Å²) in [6.45, 7) is 2.82. The molecule has 1 saturated heterocycles. The minimum atomic E-state index is -3.54. The average molecular weight is 362 g/mol. The number of nitrogens with zero attached hydrogens (tertiary/aromatic N) is 3. The van der Waals surface area contributed by atoms with E-state index in [-0.39, 0.29) is 12.0 Å². The number of methoxy groups -OCH3 is 1. The molecule has 25 heavy (non-hydrogen) atoms. The van der Waals surface area contributed by atoms with E-state index in [1.54, 1.807) is 42.0 Å². The second-order valence-electron chi connectivity index (χ2n) is 6.17. The molecule has 0 radical (unpaired) electrons. The smallest absolute Gasteiger partial charge is 0.243 e. The van der Waals surface area contributed by atoms with Gasteiger partial charge in [-0.25, -0.2) is 18.4 Å². The van der Waals surface area contributed by atoms with Crippen LogP contribution < -0.4 is 5.73 Å². The molecule has 3 rings (SSSR count). The van der Waals surface area contributed by atoms with E-state index in [1.165, 1.54) is 0 Å². The molecule has 2 N–H and O–H groups in total. The lowest BCUT2D eigenvalue weighted by molar-refractivity contribution is 0.149. The van der Waals surface area contributed by atoms with Gasteiger partial charge < -0.3 is 10.5 Å². The zero-order chi connectivity index (χ0) is 18.0. The zero-order valence-corrected chi connectivity index (χ0v) is 15.2. The molecule has 8 heteroatoms. The van der Waals surface area contributed by atoms with Crippen LogP contribution in [0, 0.1) is 6.92 Å². The van der Waals surface area contributed by atoms with Gasteiger partial charge in [-0.1, -0.05) is 6.07 Å². The van der Waals surface area contributed by atoms with Gasteiger partial charge in [-0.15, -0.1) is 0 Å². The molecule has 0 amide bonds. The van der Waals surface area contributed by atoms with Crippen molar-refractivity contribution in [1.82, 2.24) is 14.3 Å². The zero-order valence-electron chi connectivity index (χ0n) is 14.3. The van der Waals surface area contributed by atoms with Crippen molar-refractivity contribution >= 4 is 16.0 Å². The van der Waals surface area contributed by atoms with E-state index in [1.807, 2.05) is 6.92 Å². The Morgan fingerprint density at radius 3 is 2.68 bits per heavy atom. The van der Waals surface area contributed by atoms with Gasteiger partial charge in [0.25, 0.3) is 0 Å². The fourth-order valence-corrected chi connectivity index (χ4v) is 4.98. The minimum Gasteiger partial charge on any atom is -0.383 e. The number of rotatable bonds is 5. The number of nitrogen functional groups attached to an aromatic ring is 1. The molecule has 1 fully saturated rings. The maximum atomic E-state index is 13.0. The molecule has 0 aliphatic carbocycles. The molecule has 1 aromatic heterocycles. The Balaban J connectivity index is 1.93. The first-order chi connectivity index (χ1) is 11.9. The molecule has 1 aliphatic heterocycles. The molecule has 1 aliphatic rings. The Hall–Kier alpha value is -2.03. The Bertz CT molecular complexity index is 853. The van der Waals surface area contributed by atoms with Crippen LogP contribution in [0.2, 0.25) is 0 Å². The summed E-state index contributed by atoms with van der Waals surface area (Å²) in [4.78, 5) is 8.27. The lowest BCUT2D eigenvalue weighted by Gasteiger charge is -2.24. The van der Waals surface area contributed by atoms with Crippen molar-refractivity contribution in [2.75, 3.05) is 26.0 Å². The number of ether oxygens (including phenoxy) is 1. The van der Waals surface area contributed by atoms with Crippen molar-refractivity contribution in [2.45, 2.75) is 30.7 Å². The number of sulfonamides is 1. The van der Waals surface area contributed by atoms with Gasteiger partial charge in [0, 0.05) is 37.7 Å². The summed E-state index contributed by atoms with van der Waals surface area (Å²) in [5.41, 5.74) is 8.04. The highest BCUT2D eigenvalue weighted by Crippen LogP contribution is 2.30. The SMILES string of the molecule is COC[C@@H]1CCCN1S(=O)(=O)c1ccc(-c2cnc(N)nc2)c(C)c1. The van der Waals surface area contributed by atoms with E-state index in [0.29, 0.717) is 18.0 Å². The summed E-state index contributed by atoms with van der Waals surface area (Å²) in [6, 6.07) is 5.03. The molecular weight excluding hydrogens is 340 g/mol. The quantitative estimate of drug-likeness (QED) is 0.871. The van der Waals surface area contributed by atoms with Gasteiger partial charge in [0.05, 0.1) is 11.5 Å². The second kappa shape index (κ2) is 7.07. The third-order valence-corrected chi connectivity index (χ3v) is 6.42. The first kappa shape index (κ1) is 17.8. The molecule has 1 aromatic carbocycles. The van der Waals surface area contributed by atoms with Crippen LogP contribution >= 0.6 is 0 Å². The first-order valence-corrected chi connectivity index (χ1v) is 9.57. The van der Waals surface area contributed by atoms with Crippen molar-refractivity contribution in [2.24, 2.45) is 0 Å². The van der Waals surface area contributed by atoms with Crippen molar-refractivity contribution in [3.63, 3.8) is 0 Å². The lowest BCUT2D eigenvalue weighted by Crippen LogP contribution is -2.38. The largest absolute Gasteiger partial charge is 0.383 e. The Kier molecular flexibility index (Phi) is 5.03. The van der Waals surface area contributed by atoms with Crippen LogP contribution in [-0.2, 0) is 14.8 Å². The Morgan fingerprint density at radius 2 is 2.04 bits per heavy atom. The van der Waals surface area contributed by atoms with E-state index in [0.717, 1.165) is 29.5 Å². The normalized spacial score (nSPS) is 18.6. The number of hydrogen-bond donors (Lipinski definition) is 1. The highest BCUT2D eigenvalue weighted by atomic mass is 32.2. The fourth-order valence-electron chi connectivity index (χ4n) is 3.22. The number of benzene rings is 1. The summed E-state index contributed by atoms with van der Waals surface area (Å²) >= 11 is 0. The van der Waals surface area contributed by atoms with E-state index < -0.39 is 10.0 Å². The predicted octanol–water partition coefficient (Wildman–Crippen LogP) is 1.83. The molecule has 2 heterocycles. The van der Waals surface area contributed by atoms with E-state index in [9.17, 15) is 8.42 Å². The van der Waals surface area contributed by atoms with Crippen LogP contribution in [-0.4, -0.2) is 49.0 Å². The van der Waals surface area contributed by atoms with Gasteiger partial charge >= 0.3 is 0 Å². The summed E-state index contributed by atoms with van der Waals surface area (Å²) in [5.74, 6) is 0.207. The third-order valence-electron chi connectivity index (χ3n) is 4.47. The second-order valence-corrected chi connectivity index (χ2v) is 8.06. The number of aryl methyl sites for hydroxylation is 1. The molecule has 0 spiro atoms. The van der Waals surface area contributed by atoms with Crippen LogP contribution in [0.25, 0.3) is 11.1 Å². The van der Waals surface area contributed by atoms with Crippen LogP contribution in [0.15, 0.2) is 35.5 Å². The topological polar surface area (TPSA) is 98.4 Å². The number of hydrogen-bond acceptors (Lipinski definition) is 6. The van der Waals surface area contributed by atoms with Crippen molar-refractivity contribution in [3.05, 3.63) is 36.2 Å². The third kappa shape index (κ3) is 3.51. The van der Waals surface area contributed by atoms with Gasteiger partial charge in [-0.3, -0.25) is 0 Å². The minimum absolute atomic E-state index is 0.0968. The van der Waals surface area contributed by atoms with Crippen LogP contribution in [0.4, 0.5) is 5.95 Å². The Labute approximate surface area is 147 Å². The van der Waals surface area contributed by atoms with E-state index in [4.69, 9.17) is 10.5 Å². The first-order valence-electron chi connectivity index (χ1n) is 8.13. The van der Waals surface area contributed by atoms with E-state index >= 15 is 0 Å². The number of aromatic nitrogens is 2. The van der Waals surface area contributed by atoms with E-state index in [2.05, 4.69) is 9.97 Å². The van der Waals surface area contributed by atoms with Gasteiger partial charge in [0.2, 0.25) is 16.0 Å². The predicted molar refractivity (Wildman–Crippen MR) is 95.4 cm³/mol. The lowest BCUT2D eigenvalue weighted by atomic mass is 10.0. The summed E-state index contributed by atoms with van der Waals surface area (Å²) in [6.07, 6.45) is 4.95. The van der Waals surface area contributed by atoms with Gasteiger partial charge in [-0.05, 0) is 43.0 Å². The average Bonchev–Trinajstić information content (AvgIpc) is 3.05. The van der Waals surface area contributed by atoms with Crippen molar-refractivity contribution in [3.8, 4) is 11.1 Å².